The summed E-state index contributed by atoms with van der Waals surface area (Å²) < 4.78 is 4.86. The number of aromatic nitrogens is 1. The van der Waals surface area contributed by atoms with Crippen LogP contribution in [0, 0.1) is 5.92 Å². The van der Waals surface area contributed by atoms with Crippen LogP contribution in [0.25, 0.3) is 0 Å². The Bertz CT molecular complexity index is 504. The highest BCUT2D eigenvalue weighted by Gasteiger charge is 2.25. The molecule has 0 saturated carbocycles. The van der Waals surface area contributed by atoms with Gasteiger partial charge in [0.05, 0.1) is 12.5 Å². The molecule has 0 unspecified atom stereocenters. The predicted octanol–water partition coefficient (Wildman–Crippen LogP) is 0.255. The second-order valence-corrected chi connectivity index (χ2v) is 4.55. The van der Waals surface area contributed by atoms with Crippen molar-refractivity contribution in [1.29, 1.82) is 0 Å². The van der Waals surface area contributed by atoms with Crippen LogP contribution in [0.4, 0.5) is 0 Å². The highest BCUT2D eigenvalue weighted by molar-refractivity contribution is 5.97. The smallest absolute Gasteiger partial charge is 0.308 e. The van der Waals surface area contributed by atoms with E-state index in [1.54, 1.807) is 13.8 Å². The largest absolute Gasteiger partial charge is 0.466 e. The van der Waals surface area contributed by atoms with Crippen molar-refractivity contribution in [3.05, 3.63) is 30.1 Å². The molecule has 1 rings (SSSR count). The SMILES string of the molecule is CCOC(=O)[C@H](C)C[C@H](NC(=O)c1ccncc1)C(N)=O. The zero-order chi connectivity index (χ0) is 15.8. The minimum atomic E-state index is -0.940. The molecule has 21 heavy (non-hydrogen) atoms. The van der Waals surface area contributed by atoms with Crippen LogP contribution in [0.5, 0.6) is 0 Å². The average molecular weight is 293 g/mol. The quantitative estimate of drug-likeness (QED) is 0.700. The van der Waals surface area contributed by atoms with E-state index in [1.807, 2.05) is 0 Å². The first-order valence-electron chi connectivity index (χ1n) is 6.62. The first-order chi connectivity index (χ1) is 9.95. The molecule has 0 fully saturated rings. The van der Waals surface area contributed by atoms with Crippen LogP contribution in [-0.4, -0.2) is 35.4 Å². The predicted molar refractivity (Wildman–Crippen MR) is 75.1 cm³/mol. The summed E-state index contributed by atoms with van der Waals surface area (Å²) in [6.45, 7) is 3.57. The van der Waals surface area contributed by atoms with Crippen LogP contribution in [0.1, 0.15) is 30.6 Å². The van der Waals surface area contributed by atoms with Crippen LogP contribution in [0.3, 0.4) is 0 Å². The number of ether oxygens (including phenoxy) is 1. The van der Waals surface area contributed by atoms with Crippen molar-refractivity contribution in [2.24, 2.45) is 11.7 Å². The minimum Gasteiger partial charge on any atom is -0.466 e. The average Bonchev–Trinajstić information content (AvgIpc) is 2.47. The highest BCUT2D eigenvalue weighted by Crippen LogP contribution is 2.09. The lowest BCUT2D eigenvalue weighted by atomic mass is 10.0. The summed E-state index contributed by atoms with van der Waals surface area (Å²) >= 11 is 0. The van der Waals surface area contributed by atoms with Gasteiger partial charge in [-0.1, -0.05) is 6.92 Å². The van der Waals surface area contributed by atoms with Crippen LogP contribution < -0.4 is 11.1 Å². The first kappa shape index (κ1) is 16.6. The second kappa shape index (κ2) is 7.98. The summed E-state index contributed by atoms with van der Waals surface area (Å²) in [7, 11) is 0. The van der Waals surface area contributed by atoms with Gasteiger partial charge in [0, 0.05) is 18.0 Å². The van der Waals surface area contributed by atoms with Crippen LogP contribution >= 0.6 is 0 Å². The van der Waals surface area contributed by atoms with Gasteiger partial charge in [-0.2, -0.15) is 0 Å². The number of esters is 1. The van der Waals surface area contributed by atoms with Gasteiger partial charge in [-0.3, -0.25) is 19.4 Å². The third-order valence-corrected chi connectivity index (χ3v) is 2.87. The van der Waals surface area contributed by atoms with Gasteiger partial charge in [-0.05, 0) is 25.5 Å². The Hall–Kier alpha value is -2.44. The number of nitrogens with zero attached hydrogens (tertiary/aromatic N) is 1. The standard InChI is InChI=1S/C14H19N3O4/c1-3-21-14(20)9(2)8-11(12(15)18)17-13(19)10-4-6-16-7-5-10/h4-7,9,11H,3,8H2,1-2H3,(H2,15,18)(H,17,19)/t9-,11+/m1/s1. The van der Waals surface area contributed by atoms with Crippen molar-refractivity contribution < 1.29 is 19.1 Å². The Labute approximate surface area is 122 Å². The molecule has 1 aromatic rings. The topological polar surface area (TPSA) is 111 Å². The number of nitrogens with two attached hydrogens (primary N) is 1. The molecule has 0 bridgehead atoms. The van der Waals surface area contributed by atoms with Crippen molar-refractivity contribution >= 4 is 17.8 Å². The van der Waals surface area contributed by atoms with Crippen LogP contribution in [0.2, 0.25) is 0 Å². The molecule has 2 atom stereocenters. The van der Waals surface area contributed by atoms with Gasteiger partial charge in [0.25, 0.3) is 5.91 Å². The number of hydrogen-bond donors (Lipinski definition) is 2. The van der Waals surface area contributed by atoms with Gasteiger partial charge in [0.2, 0.25) is 5.91 Å². The van der Waals surface area contributed by atoms with Crippen LogP contribution in [-0.2, 0) is 14.3 Å². The summed E-state index contributed by atoms with van der Waals surface area (Å²) in [6, 6.07) is 2.09. The summed E-state index contributed by atoms with van der Waals surface area (Å²) in [4.78, 5) is 38.8. The number of pyridine rings is 1. The molecule has 0 spiro atoms. The van der Waals surface area contributed by atoms with E-state index in [4.69, 9.17) is 10.5 Å². The zero-order valence-electron chi connectivity index (χ0n) is 12.0. The van der Waals surface area contributed by atoms with E-state index in [0.717, 1.165) is 0 Å². The number of carbonyl (C=O) groups is 3. The van der Waals surface area contributed by atoms with Gasteiger partial charge in [0.1, 0.15) is 6.04 Å². The second-order valence-electron chi connectivity index (χ2n) is 4.55. The van der Waals surface area contributed by atoms with Crippen molar-refractivity contribution in [2.75, 3.05) is 6.61 Å². The normalized spacial score (nSPS) is 13.0. The minimum absolute atomic E-state index is 0.0883. The molecule has 2 amide bonds. The number of amides is 2. The Kier molecular flexibility index (Phi) is 6.32. The van der Waals surface area contributed by atoms with E-state index in [2.05, 4.69) is 10.3 Å². The van der Waals surface area contributed by atoms with Gasteiger partial charge in [-0.25, -0.2) is 0 Å². The molecule has 1 heterocycles. The van der Waals surface area contributed by atoms with Crippen molar-refractivity contribution in [2.45, 2.75) is 26.3 Å². The Balaban J connectivity index is 2.68. The molecule has 0 radical (unpaired) electrons. The molecule has 0 aliphatic carbocycles. The van der Waals surface area contributed by atoms with E-state index < -0.39 is 29.7 Å². The van der Waals surface area contributed by atoms with E-state index in [9.17, 15) is 14.4 Å². The number of hydrogen-bond acceptors (Lipinski definition) is 5. The fourth-order valence-electron chi connectivity index (χ4n) is 1.73. The lowest BCUT2D eigenvalue weighted by Gasteiger charge is -2.18. The summed E-state index contributed by atoms with van der Waals surface area (Å²) in [5, 5.41) is 2.51. The van der Waals surface area contributed by atoms with E-state index >= 15 is 0 Å². The maximum Gasteiger partial charge on any atom is 0.308 e. The molecule has 114 valence electrons. The molecule has 7 heteroatoms. The van der Waals surface area contributed by atoms with E-state index in [0.29, 0.717) is 5.56 Å². The van der Waals surface area contributed by atoms with Crippen molar-refractivity contribution in [3.63, 3.8) is 0 Å². The molecular formula is C14H19N3O4. The number of nitrogens with one attached hydrogen (secondary N) is 1. The summed E-state index contributed by atoms with van der Waals surface area (Å²) in [5.41, 5.74) is 5.63. The third kappa shape index (κ3) is 5.21. The molecule has 0 aliphatic heterocycles. The summed E-state index contributed by atoms with van der Waals surface area (Å²) in [5.74, 6) is -2.12. The first-order valence-corrected chi connectivity index (χ1v) is 6.62. The molecule has 0 aliphatic rings. The van der Waals surface area contributed by atoms with Crippen LogP contribution in [0.15, 0.2) is 24.5 Å². The Morgan fingerprint density at radius 3 is 2.48 bits per heavy atom. The summed E-state index contributed by atoms with van der Waals surface area (Å²) in [6.07, 6.45) is 3.02. The van der Waals surface area contributed by atoms with Gasteiger partial charge < -0.3 is 15.8 Å². The lowest BCUT2D eigenvalue weighted by molar-refractivity contribution is -0.147. The monoisotopic (exact) mass is 293 g/mol. The maximum atomic E-state index is 12.0. The highest BCUT2D eigenvalue weighted by atomic mass is 16.5. The molecular weight excluding hydrogens is 274 g/mol. The zero-order valence-corrected chi connectivity index (χ0v) is 12.0. The molecule has 3 N–H and O–H groups in total. The van der Waals surface area contributed by atoms with Gasteiger partial charge >= 0.3 is 5.97 Å². The number of primary amides is 1. The van der Waals surface area contributed by atoms with Crippen molar-refractivity contribution in [1.82, 2.24) is 10.3 Å². The van der Waals surface area contributed by atoms with Gasteiger partial charge in [0.15, 0.2) is 0 Å². The molecule has 1 aromatic heterocycles. The number of rotatable bonds is 7. The van der Waals surface area contributed by atoms with Gasteiger partial charge in [-0.15, -0.1) is 0 Å². The van der Waals surface area contributed by atoms with Crippen molar-refractivity contribution in [3.8, 4) is 0 Å². The fraction of sp³-hybridized carbons (Fsp3) is 0.429. The molecule has 0 aromatic carbocycles. The molecule has 7 nitrogen and oxygen atoms in total. The lowest BCUT2D eigenvalue weighted by Crippen LogP contribution is -2.46. The molecule has 0 saturated heterocycles. The fourth-order valence-corrected chi connectivity index (χ4v) is 1.73. The van der Waals surface area contributed by atoms with E-state index in [1.165, 1.54) is 24.5 Å². The Morgan fingerprint density at radius 1 is 1.33 bits per heavy atom. The maximum absolute atomic E-state index is 12.0. The Morgan fingerprint density at radius 2 is 1.95 bits per heavy atom. The van der Waals surface area contributed by atoms with E-state index in [-0.39, 0.29) is 13.0 Å². The third-order valence-electron chi connectivity index (χ3n) is 2.87. The number of carbonyl (C=O) groups excluding carboxylic acids is 3.